The summed E-state index contributed by atoms with van der Waals surface area (Å²) in [7, 11) is 0. The summed E-state index contributed by atoms with van der Waals surface area (Å²) in [6.07, 6.45) is 1.98. The lowest BCUT2D eigenvalue weighted by atomic mass is 10.1. The largest absolute Gasteiger partial charge is 0.698 e. The van der Waals surface area contributed by atoms with E-state index in [1.807, 2.05) is 31.2 Å². The zero-order valence-electron chi connectivity index (χ0n) is 13.0. The summed E-state index contributed by atoms with van der Waals surface area (Å²) in [5.74, 6) is -0.349. The number of hydrogen-bond donors (Lipinski definition) is 3. The SMILES string of the molecule is Cc1ccc(F)cc1/C([NH-])=C/C(N)NCCc1ccc(S)cc1. The normalized spacial score (nSPS) is 13.1. The average molecular weight is 330 g/mol. The van der Waals surface area contributed by atoms with Crippen molar-refractivity contribution >= 4 is 18.3 Å². The molecule has 0 aliphatic rings. The minimum Gasteiger partial charge on any atom is -0.698 e. The van der Waals surface area contributed by atoms with E-state index in [2.05, 4.69) is 17.9 Å². The summed E-state index contributed by atoms with van der Waals surface area (Å²) in [5.41, 5.74) is 16.9. The predicted molar refractivity (Wildman–Crippen MR) is 96.8 cm³/mol. The molecule has 0 amide bonds. The van der Waals surface area contributed by atoms with Gasteiger partial charge in [0.2, 0.25) is 0 Å². The molecule has 0 aliphatic carbocycles. The zero-order chi connectivity index (χ0) is 16.8. The van der Waals surface area contributed by atoms with Gasteiger partial charge in [-0.2, -0.15) is 0 Å². The van der Waals surface area contributed by atoms with Crippen molar-refractivity contribution in [1.29, 1.82) is 0 Å². The van der Waals surface area contributed by atoms with E-state index in [4.69, 9.17) is 11.5 Å². The van der Waals surface area contributed by atoms with Gasteiger partial charge in [0.25, 0.3) is 0 Å². The molecule has 1 unspecified atom stereocenters. The molecular weight excluding hydrogens is 309 g/mol. The van der Waals surface area contributed by atoms with Crippen LogP contribution < -0.4 is 11.1 Å². The molecule has 122 valence electrons. The molecule has 0 fully saturated rings. The van der Waals surface area contributed by atoms with Crippen molar-refractivity contribution in [3.05, 3.63) is 76.8 Å². The lowest BCUT2D eigenvalue weighted by Gasteiger charge is -2.18. The number of nitrogens with two attached hydrogens (primary N) is 1. The van der Waals surface area contributed by atoms with Crippen molar-refractivity contribution in [1.82, 2.24) is 5.32 Å². The van der Waals surface area contributed by atoms with Gasteiger partial charge in [-0.15, -0.1) is 18.3 Å². The number of hydrogen-bond acceptors (Lipinski definition) is 3. The lowest BCUT2D eigenvalue weighted by Crippen LogP contribution is -2.36. The maximum Gasteiger partial charge on any atom is 0.123 e. The highest BCUT2D eigenvalue weighted by atomic mass is 32.1. The molecular formula is C18H21FN3S-. The van der Waals surface area contributed by atoms with Gasteiger partial charge in [-0.05, 0) is 54.3 Å². The third-order valence-electron chi connectivity index (χ3n) is 3.57. The standard InChI is InChI=1S/C18H21FN3S/c1-12-2-5-14(19)10-16(12)17(20)11-18(21)22-9-8-13-3-6-15(23)7-4-13/h2-7,10-11,18,20,22-23H,8-9,21H2,1H3/q-1/b17-11-. The number of aryl methyl sites for hydroxylation is 1. The van der Waals surface area contributed by atoms with Gasteiger partial charge in [0.1, 0.15) is 5.82 Å². The van der Waals surface area contributed by atoms with Crippen LogP contribution in [0.4, 0.5) is 4.39 Å². The Hall–Kier alpha value is -1.82. The van der Waals surface area contributed by atoms with Gasteiger partial charge in [0.15, 0.2) is 0 Å². The first-order chi connectivity index (χ1) is 11.0. The zero-order valence-corrected chi connectivity index (χ0v) is 13.9. The van der Waals surface area contributed by atoms with Crippen LogP contribution in [0.15, 0.2) is 53.4 Å². The highest BCUT2D eigenvalue weighted by Gasteiger charge is 2.02. The maximum absolute atomic E-state index is 13.3. The second-order valence-electron chi connectivity index (χ2n) is 5.44. The smallest absolute Gasteiger partial charge is 0.123 e. The Kier molecular flexibility index (Phi) is 6.21. The first kappa shape index (κ1) is 17.5. The fourth-order valence-corrected chi connectivity index (χ4v) is 2.41. The van der Waals surface area contributed by atoms with Gasteiger partial charge in [-0.25, -0.2) is 4.39 Å². The van der Waals surface area contributed by atoms with E-state index in [-0.39, 0.29) is 11.5 Å². The average Bonchev–Trinajstić information content (AvgIpc) is 2.51. The molecule has 23 heavy (non-hydrogen) atoms. The third kappa shape index (κ3) is 5.39. The number of rotatable bonds is 6. The second kappa shape index (κ2) is 8.15. The van der Waals surface area contributed by atoms with Gasteiger partial charge >= 0.3 is 0 Å². The monoisotopic (exact) mass is 330 g/mol. The molecule has 0 saturated carbocycles. The molecule has 2 aromatic carbocycles. The molecule has 2 aromatic rings. The Balaban J connectivity index is 1.91. The topological polar surface area (TPSA) is 61.9 Å². The highest BCUT2D eigenvalue weighted by molar-refractivity contribution is 7.80. The fraction of sp³-hybridized carbons (Fsp3) is 0.222. The van der Waals surface area contributed by atoms with E-state index in [9.17, 15) is 4.39 Å². The quantitative estimate of drug-likeness (QED) is 0.555. The Morgan fingerprint density at radius 1 is 1.30 bits per heavy atom. The van der Waals surface area contributed by atoms with Gasteiger partial charge in [-0.3, -0.25) is 5.32 Å². The Morgan fingerprint density at radius 2 is 2.00 bits per heavy atom. The van der Waals surface area contributed by atoms with Crippen LogP contribution in [0.25, 0.3) is 11.4 Å². The van der Waals surface area contributed by atoms with Crippen molar-refractivity contribution in [2.24, 2.45) is 5.73 Å². The van der Waals surface area contributed by atoms with Gasteiger partial charge in [-0.1, -0.05) is 24.3 Å². The molecule has 2 rings (SSSR count). The van der Waals surface area contributed by atoms with Crippen LogP contribution >= 0.6 is 12.6 Å². The Labute approximate surface area is 142 Å². The minimum atomic E-state index is -0.450. The molecule has 0 heterocycles. The summed E-state index contributed by atoms with van der Waals surface area (Å²) < 4.78 is 13.3. The van der Waals surface area contributed by atoms with Crippen LogP contribution in [-0.2, 0) is 6.42 Å². The van der Waals surface area contributed by atoms with Crippen LogP contribution in [-0.4, -0.2) is 12.7 Å². The molecule has 0 aromatic heterocycles. The van der Waals surface area contributed by atoms with E-state index in [0.29, 0.717) is 12.1 Å². The van der Waals surface area contributed by atoms with E-state index in [1.165, 1.54) is 17.7 Å². The molecule has 4 N–H and O–H groups in total. The van der Waals surface area contributed by atoms with Crippen molar-refractivity contribution in [3.63, 3.8) is 0 Å². The van der Waals surface area contributed by atoms with Gasteiger partial charge in [0, 0.05) is 11.4 Å². The highest BCUT2D eigenvalue weighted by Crippen LogP contribution is 2.20. The molecule has 0 radical (unpaired) electrons. The third-order valence-corrected chi connectivity index (χ3v) is 3.86. The van der Waals surface area contributed by atoms with Crippen LogP contribution in [0, 0.1) is 12.7 Å². The summed E-state index contributed by atoms with van der Waals surface area (Å²) in [4.78, 5) is 0.936. The van der Waals surface area contributed by atoms with Crippen molar-refractivity contribution in [3.8, 4) is 0 Å². The first-order valence-corrected chi connectivity index (χ1v) is 7.87. The molecule has 0 saturated heterocycles. The lowest BCUT2D eigenvalue weighted by molar-refractivity contribution is 0.612. The van der Waals surface area contributed by atoms with Crippen LogP contribution in [0.5, 0.6) is 0 Å². The van der Waals surface area contributed by atoms with Crippen molar-refractivity contribution < 1.29 is 4.39 Å². The fourth-order valence-electron chi connectivity index (χ4n) is 2.26. The Bertz CT molecular complexity index is 683. The van der Waals surface area contributed by atoms with E-state index in [1.54, 1.807) is 12.1 Å². The second-order valence-corrected chi connectivity index (χ2v) is 5.95. The first-order valence-electron chi connectivity index (χ1n) is 7.42. The molecule has 5 heteroatoms. The Morgan fingerprint density at radius 3 is 2.70 bits per heavy atom. The predicted octanol–water partition coefficient (Wildman–Crippen LogP) is 3.93. The maximum atomic E-state index is 13.3. The summed E-state index contributed by atoms with van der Waals surface area (Å²) in [6, 6.07) is 12.4. The van der Waals surface area contributed by atoms with Crippen LogP contribution in [0.3, 0.4) is 0 Å². The van der Waals surface area contributed by atoms with Crippen LogP contribution in [0.2, 0.25) is 0 Å². The summed E-state index contributed by atoms with van der Waals surface area (Å²) in [6.45, 7) is 2.54. The van der Waals surface area contributed by atoms with Gasteiger partial charge < -0.3 is 11.5 Å². The molecule has 1 atom stereocenters. The molecule has 0 aliphatic heterocycles. The minimum absolute atomic E-state index is 0.224. The number of nitrogens with one attached hydrogen (secondary N) is 2. The number of thiol groups is 1. The number of benzene rings is 2. The van der Waals surface area contributed by atoms with Gasteiger partial charge in [0.05, 0.1) is 6.17 Å². The van der Waals surface area contributed by atoms with Crippen LogP contribution in [0.1, 0.15) is 16.7 Å². The van der Waals surface area contributed by atoms with E-state index >= 15 is 0 Å². The van der Waals surface area contributed by atoms with E-state index < -0.39 is 6.17 Å². The number of halogens is 1. The summed E-state index contributed by atoms with van der Waals surface area (Å²) in [5, 5.41) is 3.15. The molecule has 0 spiro atoms. The molecule has 0 bridgehead atoms. The van der Waals surface area contributed by atoms with Crippen molar-refractivity contribution in [2.75, 3.05) is 6.54 Å². The molecule has 3 nitrogen and oxygen atoms in total. The van der Waals surface area contributed by atoms with E-state index in [0.717, 1.165) is 16.9 Å². The van der Waals surface area contributed by atoms with Crippen molar-refractivity contribution in [2.45, 2.75) is 24.4 Å². The summed E-state index contributed by atoms with van der Waals surface area (Å²) >= 11 is 4.25.